The van der Waals surface area contributed by atoms with Gasteiger partial charge in [-0.15, -0.1) is 0 Å². The summed E-state index contributed by atoms with van der Waals surface area (Å²) in [7, 11) is 3.39. The number of aryl methyl sites for hydroxylation is 1. The molecule has 0 fully saturated rings. The molecule has 2 amide bonds. The molecule has 0 saturated carbocycles. The van der Waals surface area contributed by atoms with Crippen molar-refractivity contribution in [1.82, 2.24) is 10.2 Å². The van der Waals surface area contributed by atoms with Gasteiger partial charge < -0.3 is 14.6 Å². The predicted octanol–water partition coefficient (Wildman–Crippen LogP) is 1.36. The van der Waals surface area contributed by atoms with Crippen molar-refractivity contribution >= 4 is 6.03 Å². The van der Waals surface area contributed by atoms with Gasteiger partial charge in [0.1, 0.15) is 11.5 Å². The molecular formula is C9H14N2O2. The fraction of sp³-hybridized carbons (Fsp3) is 0.444. The van der Waals surface area contributed by atoms with Crippen LogP contribution in [0.25, 0.3) is 0 Å². The van der Waals surface area contributed by atoms with E-state index >= 15 is 0 Å². The van der Waals surface area contributed by atoms with Crippen LogP contribution in [0.3, 0.4) is 0 Å². The van der Waals surface area contributed by atoms with Gasteiger partial charge >= 0.3 is 6.03 Å². The summed E-state index contributed by atoms with van der Waals surface area (Å²) in [5, 5.41) is 2.70. The molecular weight excluding hydrogens is 168 g/mol. The maximum atomic E-state index is 11.1. The topological polar surface area (TPSA) is 45.5 Å². The molecule has 4 heteroatoms. The largest absolute Gasteiger partial charge is 0.465 e. The zero-order valence-electron chi connectivity index (χ0n) is 8.13. The molecule has 72 valence electrons. The van der Waals surface area contributed by atoms with Gasteiger partial charge in [0.05, 0.1) is 6.54 Å². The van der Waals surface area contributed by atoms with Crippen LogP contribution in [0.5, 0.6) is 0 Å². The molecule has 0 aliphatic carbocycles. The van der Waals surface area contributed by atoms with E-state index in [4.69, 9.17) is 4.42 Å². The van der Waals surface area contributed by atoms with Crippen molar-refractivity contribution in [3.8, 4) is 0 Å². The van der Waals surface area contributed by atoms with Gasteiger partial charge in [-0.3, -0.25) is 0 Å². The molecule has 0 radical (unpaired) electrons. The van der Waals surface area contributed by atoms with Crippen molar-refractivity contribution in [1.29, 1.82) is 0 Å². The lowest BCUT2D eigenvalue weighted by atomic mass is 10.4. The Morgan fingerprint density at radius 3 is 2.69 bits per heavy atom. The molecule has 1 aromatic heterocycles. The maximum Gasteiger partial charge on any atom is 0.317 e. The summed E-state index contributed by atoms with van der Waals surface area (Å²) in [6.45, 7) is 2.31. The summed E-state index contributed by atoms with van der Waals surface area (Å²) >= 11 is 0. The number of hydrogen-bond acceptors (Lipinski definition) is 2. The monoisotopic (exact) mass is 182 g/mol. The molecule has 0 spiro atoms. The van der Waals surface area contributed by atoms with Crippen molar-refractivity contribution in [2.75, 3.05) is 14.1 Å². The molecule has 0 aliphatic heterocycles. The fourth-order valence-electron chi connectivity index (χ4n) is 0.901. The Hall–Kier alpha value is -1.45. The Morgan fingerprint density at radius 1 is 1.54 bits per heavy atom. The molecule has 0 aromatic carbocycles. The molecule has 1 aromatic rings. The first-order valence-corrected chi connectivity index (χ1v) is 4.10. The first-order chi connectivity index (χ1) is 6.09. The smallest absolute Gasteiger partial charge is 0.317 e. The van der Waals surface area contributed by atoms with E-state index in [1.54, 1.807) is 14.1 Å². The van der Waals surface area contributed by atoms with E-state index in [0.29, 0.717) is 6.54 Å². The zero-order chi connectivity index (χ0) is 9.84. The summed E-state index contributed by atoms with van der Waals surface area (Å²) in [4.78, 5) is 12.6. The average molecular weight is 182 g/mol. The fourth-order valence-corrected chi connectivity index (χ4v) is 0.901. The van der Waals surface area contributed by atoms with Crippen LogP contribution in [0.1, 0.15) is 11.5 Å². The van der Waals surface area contributed by atoms with E-state index in [1.807, 2.05) is 19.1 Å². The summed E-state index contributed by atoms with van der Waals surface area (Å²) in [6.07, 6.45) is 0. The van der Waals surface area contributed by atoms with Crippen molar-refractivity contribution in [2.24, 2.45) is 0 Å². The minimum Gasteiger partial charge on any atom is -0.465 e. The number of furan rings is 1. The van der Waals surface area contributed by atoms with Crippen molar-refractivity contribution in [3.05, 3.63) is 23.7 Å². The number of nitrogens with one attached hydrogen (secondary N) is 1. The highest BCUT2D eigenvalue weighted by Crippen LogP contribution is 2.05. The van der Waals surface area contributed by atoms with Crippen LogP contribution in [0, 0.1) is 6.92 Å². The van der Waals surface area contributed by atoms with Crippen LogP contribution in [-0.4, -0.2) is 25.0 Å². The van der Waals surface area contributed by atoms with E-state index in [2.05, 4.69) is 5.32 Å². The Labute approximate surface area is 77.5 Å². The van der Waals surface area contributed by atoms with Gasteiger partial charge in [-0.25, -0.2) is 4.79 Å². The Balaban J connectivity index is 2.39. The Bertz CT molecular complexity index is 292. The number of amides is 2. The number of rotatable bonds is 2. The zero-order valence-corrected chi connectivity index (χ0v) is 8.13. The number of urea groups is 1. The maximum absolute atomic E-state index is 11.1. The highest BCUT2D eigenvalue weighted by molar-refractivity contribution is 5.73. The standard InChI is InChI=1S/C9H14N2O2/c1-7-4-5-8(13-7)6-10-9(12)11(2)3/h4-5H,6H2,1-3H3,(H,10,12). The minimum atomic E-state index is -0.117. The van der Waals surface area contributed by atoms with Crippen LogP contribution >= 0.6 is 0 Å². The third kappa shape index (κ3) is 2.82. The Kier molecular flexibility index (Phi) is 2.95. The molecule has 0 atom stereocenters. The first-order valence-electron chi connectivity index (χ1n) is 4.10. The summed E-state index contributed by atoms with van der Waals surface area (Å²) in [5.74, 6) is 1.63. The molecule has 1 rings (SSSR count). The average Bonchev–Trinajstić information content (AvgIpc) is 2.47. The van der Waals surface area contributed by atoms with E-state index in [-0.39, 0.29) is 6.03 Å². The number of carbonyl (C=O) groups excluding carboxylic acids is 1. The van der Waals surface area contributed by atoms with E-state index in [0.717, 1.165) is 11.5 Å². The van der Waals surface area contributed by atoms with Crippen LogP contribution in [0.2, 0.25) is 0 Å². The Morgan fingerprint density at radius 2 is 2.23 bits per heavy atom. The summed E-state index contributed by atoms with van der Waals surface area (Å²) in [5.41, 5.74) is 0. The van der Waals surface area contributed by atoms with Crippen LogP contribution in [0.4, 0.5) is 4.79 Å². The van der Waals surface area contributed by atoms with Crippen LogP contribution in [-0.2, 0) is 6.54 Å². The quantitative estimate of drug-likeness (QED) is 0.750. The third-order valence-corrected chi connectivity index (χ3v) is 1.62. The van der Waals surface area contributed by atoms with Crippen molar-refractivity contribution in [3.63, 3.8) is 0 Å². The minimum absolute atomic E-state index is 0.117. The van der Waals surface area contributed by atoms with Gasteiger partial charge in [0.15, 0.2) is 0 Å². The number of nitrogens with zero attached hydrogens (tertiary/aromatic N) is 1. The molecule has 13 heavy (non-hydrogen) atoms. The summed E-state index contributed by atoms with van der Waals surface area (Å²) in [6, 6.07) is 3.61. The van der Waals surface area contributed by atoms with Gasteiger partial charge in [-0.1, -0.05) is 0 Å². The molecule has 0 aliphatic rings. The molecule has 0 saturated heterocycles. The van der Waals surface area contributed by atoms with Crippen molar-refractivity contribution in [2.45, 2.75) is 13.5 Å². The first kappa shape index (κ1) is 9.64. The van der Waals surface area contributed by atoms with E-state index < -0.39 is 0 Å². The normalized spacial score (nSPS) is 9.77. The lowest BCUT2D eigenvalue weighted by Crippen LogP contribution is -2.33. The third-order valence-electron chi connectivity index (χ3n) is 1.62. The SMILES string of the molecule is Cc1ccc(CNC(=O)N(C)C)o1. The second-order valence-corrected chi connectivity index (χ2v) is 3.07. The van der Waals surface area contributed by atoms with Gasteiger partial charge in [-0.05, 0) is 19.1 Å². The highest BCUT2D eigenvalue weighted by atomic mass is 16.3. The van der Waals surface area contributed by atoms with Gasteiger partial charge in [0.25, 0.3) is 0 Å². The molecule has 1 heterocycles. The van der Waals surface area contributed by atoms with Gasteiger partial charge in [-0.2, -0.15) is 0 Å². The molecule has 1 N–H and O–H groups in total. The lowest BCUT2D eigenvalue weighted by molar-refractivity contribution is 0.216. The molecule has 4 nitrogen and oxygen atoms in total. The van der Waals surface area contributed by atoms with E-state index in [1.165, 1.54) is 4.90 Å². The highest BCUT2D eigenvalue weighted by Gasteiger charge is 2.03. The number of hydrogen-bond donors (Lipinski definition) is 1. The van der Waals surface area contributed by atoms with Gasteiger partial charge in [0.2, 0.25) is 0 Å². The molecule has 0 unspecified atom stereocenters. The van der Waals surface area contributed by atoms with Crippen LogP contribution in [0.15, 0.2) is 16.5 Å². The van der Waals surface area contributed by atoms with E-state index in [9.17, 15) is 4.79 Å². The second kappa shape index (κ2) is 3.98. The predicted molar refractivity (Wildman–Crippen MR) is 49.4 cm³/mol. The molecule has 0 bridgehead atoms. The lowest BCUT2D eigenvalue weighted by Gasteiger charge is -2.10. The second-order valence-electron chi connectivity index (χ2n) is 3.07. The number of carbonyl (C=O) groups is 1. The van der Waals surface area contributed by atoms with Crippen molar-refractivity contribution < 1.29 is 9.21 Å². The summed E-state index contributed by atoms with van der Waals surface area (Å²) < 4.78 is 5.28. The van der Waals surface area contributed by atoms with Gasteiger partial charge in [0, 0.05) is 14.1 Å². The van der Waals surface area contributed by atoms with Crippen LogP contribution < -0.4 is 5.32 Å².